The van der Waals surface area contributed by atoms with E-state index in [1.54, 1.807) is 12.4 Å². The second-order valence-electron chi connectivity index (χ2n) is 9.51. The summed E-state index contributed by atoms with van der Waals surface area (Å²) in [7, 11) is 0. The van der Waals surface area contributed by atoms with Gasteiger partial charge in [0.15, 0.2) is 5.82 Å². The van der Waals surface area contributed by atoms with Crippen molar-refractivity contribution in [3.63, 3.8) is 0 Å². The molecule has 8 nitrogen and oxygen atoms in total. The van der Waals surface area contributed by atoms with Gasteiger partial charge in [-0.1, -0.05) is 63.3 Å². The first-order chi connectivity index (χ1) is 17.2. The van der Waals surface area contributed by atoms with Crippen molar-refractivity contribution in [1.29, 1.82) is 0 Å². The zero-order valence-corrected chi connectivity index (χ0v) is 20.4. The molecule has 0 saturated heterocycles. The van der Waals surface area contributed by atoms with Crippen LogP contribution in [0.25, 0.3) is 22.5 Å². The Morgan fingerprint density at radius 3 is 2.60 bits per heavy atom. The third-order valence-electron chi connectivity index (χ3n) is 7.12. The number of imidazole rings is 1. The van der Waals surface area contributed by atoms with Crippen molar-refractivity contribution < 1.29 is 0 Å². The highest BCUT2D eigenvalue weighted by molar-refractivity contribution is 5.79. The van der Waals surface area contributed by atoms with E-state index in [2.05, 4.69) is 63.0 Å². The predicted octanol–water partition coefficient (Wildman–Crippen LogP) is 5.18. The van der Waals surface area contributed by atoms with Gasteiger partial charge in [0.1, 0.15) is 0 Å². The van der Waals surface area contributed by atoms with E-state index < -0.39 is 0 Å². The van der Waals surface area contributed by atoms with Crippen LogP contribution in [0.5, 0.6) is 0 Å². The summed E-state index contributed by atoms with van der Waals surface area (Å²) >= 11 is 0. The van der Waals surface area contributed by atoms with Gasteiger partial charge in [-0.25, -0.2) is 9.89 Å². The molecule has 8 heteroatoms. The normalized spacial score (nSPS) is 14.4. The number of H-pyrrole nitrogens is 1. The monoisotopic (exact) mass is 471 g/mol. The van der Waals surface area contributed by atoms with Gasteiger partial charge < -0.3 is 0 Å². The smallest absolute Gasteiger partial charge is 0.296 e. The predicted molar refractivity (Wildman–Crippen MR) is 136 cm³/mol. The van der Waals surface area contributed by atoms with Crippen LogP contribution >= 0.6 is 0 Å². The number of aromatic nitrogens is 7. The maximum Gasteiger partial charge on any atom is 0.328 e. The molecule has 1 N–H and O–H groups in total. The van der Waals surface area contributed by atoms with Crippen molar-refractivity contribution in [2.75, 3.05) is 0 Å². The number of unbranched alkanes of at least 4 members (excludes halogenated alkanes) is 2. The highest BCUT2D eigenvalue weighted by atomic mass is 16.1. The minimum absolute atomic E-state index is 0.140. The van der Waals surface area contributed by atoms with Crippen molar-refractivity contribution in [2.24, 2.45) is 0 Å². The molecule has 1 aliphatic carbocycles. The summed E-state index contributed by atoms with van der Waals surface area (Å²) < 4.78 is 4.03. The highest BCUT2D eigenvalue weighted by Gasteiger charge is 2.21. The molecule has 0 unspecified atom stereocenters. The van der Waals surface area contributed by atoms with E-state index in [1.165, 1.54) is 32.1 Å². The summed E-state index contributed by atoms with van der Waals surface area (Å²) in [5, 5.41) is 14.2. The molecule has 1 fully saturated rings. The SMILES string of the molecule is CCCCCc1cn(C2CCCCC2)c(=O)n1Cc1ccc(-c2ccncc2-c2nnn[nH]2)cc1. The summed E-state index contributed by atoms with van der Waals surface area (Å²) in [6.45, 7) is 2.81. The van der Waals surface area contributed by atoms with Crippen LogP contribution in [0.1, 0.15) is 75.6 Å². The first-order valence-electron chi connectivity index (χ1n) is 12.8. The van der Waals surface area contributed by atoms with Gasteiger partial charge in [0, 0.05) is 35.9 Å². The molecule has 0 atom stereocenters. The number of tetrazole rings is 1. The van der Waals surface area contributed by atoms with Crippen LogP contribution in [-0.4, -0.2) is 34.7 Å². The Morgan fingerprint density at radius 1 is 1.03 bits per heavy atom. The number of rotatable bonds is 9. The second-order valence-corrected chi connectivity index (χ2v) is 9.51. The third-order valence-corrected chi connectivity index (χ3v) is 7.12. The van der Waals surface area contributed by atoms with Crippen LogP contribution in [0.2, 0.25) is 0 Å². The van der Waals surface area contributed by atoms with Crippen LogP contribution in [0, 0.1) is 0 Å². The van der Waals surface area contributed by atoms with Crippen LogP contribution < -0.4 is 5.69 Å². The number of nitrogens with zero attached hydrogens (tertiary/aromatic N) is 6. The molecule has 0 aliphatic heterocycles. The van der Waals surface area contributed by atoms with Crippen molar-refractivity contribution in [3.05, 3.63) is 70.7 Å². The van der Waals surface area contributed by atoms with Crippen LogP contribution in [0.3, 0.4) is 0 Å². The van der Waals surface area contributed by atoms with Gasteiger partial charge in [-0.2, -0.15) is 0 Å². The maximum absolute atomic E-state index is 13.5. The van der Waals surface area contributed by atoms with E-state index in [0.29, 0.717) is 18.4 Å². The minimum Gasteiger partial charge on any atom is -0.296 e. The van der Waals surface area contributed by atoms with Crippen molar-refractivity contribution in [1.82, 2.24) is 34.7 Å². The van der Waals surface area contributed by atoms with E-state index in [-0.39, 0.29) is 5.69 Å². The average molecular weight is 472 g/mol. The molecule has 3 heterocycles. The lowest BCUT2D eigenvalue weighted by Crippen LogP contribution is -2.29. The van der Waals surface area contributed by atoms with Gasteiger partial charge in [-0.15, -0.1) is 5.10 Å². The van der Waals surface area contributed by atoms with Crippen LogP contribution in [-0.2, 0) is 13.0 Å². The zero-order chi connectivity index (χ0) is 24.0. The molecule has 1 aliphatic rings. The second kappa shape index (κ2) is 10.8. The summed E-state index contributed by atoms with van der Waals surface area (Å²) in [6, 6.07) is 10.7. The largest absolute Gasteiger partial charge is 0.328 e. The molecule has 1 aromatic carbocycles. The Morgan fingerprint density at radius 2 is 1.86 bits per heavy atom. The van der Waals surface area contributed by atoms with Gasteiger partial charge >= 0.3 is 5.69 Å². The van der Waals surface area contributed by atoms with E-state index in [4.69, 9.17) is 0 Å². The lowest BCUT2D eigenvalue weighted by atomic mass is 9.95. The number of aromatic amines is 1. The lowest BCUT2D eigenvalue weighted by Gasteiger charge is -2.22. The fraction of sp³-hybridized carbons (Fsp3) is 0.444. The highest BCUT2D eigenvalue weighted by Crippen LogP contribution is 2.30. The Hall–Kier alpha value is -3.55. The number of aryl methyl sites for hydroxylation is 1. The fourth-order valence-electron chi connectivity index (χ4n) is 5.17. The number of hydrogen-bond acceptors (Lipinski definition) is 5. The Kier molecular flexibility index (Phi) is 7.16. The molecular formula is C27H33N7O. The van der Waals surface area contributed by atoms with Crippen molar-refractivity contribution in [3.8, 4) is 22.5 Å². The van der Waals surface area contributed by atoms with Crippen LogP contribution in [0.4, 0.5) is 0 Å². The van der Waals surface area contributed by atoms with E-state index in [0.717, 1.165) is 53.6 Å². The van der Waals surface area contributed by atoms with Crippen LogP contribution in [0.15, 0.2) is 53.7 Å². The van der Waals surface area contributed by atoms with E-state index in [9.17, 15) is 4.79 Å². The Bertz CT molecular complexity index is 1280. The molecule has 4 aromatic rings. The summed E-state index contributed by atoms with van der Waals surface area (Å²) in [5.74, 6) is 0.588. The Balaban J connectivity index is 1.41. The van der Waals surface area contributed by atoms with Gasteiger partial charge in [0.25, 0.3) is 0 Å². The van der Waals surface area contributed by atoms with Gasteiger partial charge in [0.2, 0.25) is 0 Å². The lowest BCUT2D eigenvalue weighted by molar-refractivity contribution is 0.344. The van der Waals surface area contributed by atoms with Crippen molar-refractivity contribution in [2.45, 2.75) is 77.3 Å². The first kappa shape index (κ1) is 23.2. The molecule has 3 aromatic heterocycles. The number of hydrogen-bond donors (Lipinski definition) is 1. The number of pyridine rings is 1. The third kappa shape index (κ3) is 5.11. The molecule has 0 bridgehead atoms. The van der Waals surface area contributed by atoms with E-state index in [1.807, 2.05) is 15.2 Å². The van der Waals surface area contributed by atoms with Crippen molar-refractivity contribution >= 4 is 0 Å². The Labute approximate surface area is 205 Å². The number of nitrogens with one attached hydrogen (secondary N) is 1. The minimum atomic E-state index is 0.140. The zero-order valence-electron chi connectivity index (χ0n) is 20.4. The average Bonchev–Trinajstić information content (AvgIpc) is 3.55. The molecule has 0 spiro atoms. The molecule has 0 amide bonds. The molecular weight excluding hydrogens is 438 g/mol. The standard InChI is InChI=1S/C27H33N7O/c1-2-3-5-10-23-19-34(22-8-6-4-7-9-22)27(35)33(23)18-20-11-13-21(14-12-20)24-15-16-28-17-25(24)26-29-31-32-30-26/h11-17,19,22H,2-10,18H2,1H3,(H,29,30,31,32). The maximum atomic E-state index is 13.5. The first-order valence-corrected chi connectivity index (χ1v) is 12.8. The molecule has 1 saturated carbocycles. The molecule has 5 rings (SSSR count). The number of benzene rings is 1. The van der Waals surface area contributed by atoms with Gasteiger partial charge in [-0.3, -0.25) is 14.1 Å². The van der Waals surface area contributed by atoms with Gasteiger partial charge in [0.05, 0.1) is 6.54 Å². The topological polar surface area (TPSA) is 94.3 Å². The quantitative estimate of drug-likeness (QED) is 0.340. The molecule has 182 valence electrons. The summed E-state index contributed by atoms with van der Waals surface area (Å²) in [4.78, 5) is 17.7. The molecule has 0 radical (unpaired) electrons. The molecule has 35 heavy (non-hydrogen) atoms. The van der Waals surface area contributed by atoms with Gasteiger partial charge in [-0.05, 0) is 58.9 Å². The summed E-state index contributed by atoms with van der Waals surface area (Å²) in [6.07, 6.45) is 16.1. The summed E-state index contributed by atoms with van der Waals surface area (Å²) in [5.41, 5.74) is 5.33. The fourth-order valence-corrected chi connectivity index (χ4v) is 5.17. The van der Waals surface area contributed by atoms with E-state index >= 15 is 0 Å².